The summed E-state index contributed by atoms with van der Waals surface area (Å²) in [5, 5.41) is 28.4. The van der Waals surface area contributed by atoms with Gasteiger partial charge in [0.1, 0.15) is 16.3 Å². The van der Waals surface area contributed by atoms with Gasteiger partial charge in [0.25, 0.3) is 30.3 Å². The monoisotopic (exact) mass is 717 g/mol. The van der Waals surface area contributed by atoms with Gasteiger partial charge in [0.15, 0.2) is 0 Å². The molecule has 0 radical (unpaired) electrons. The van der Waals surface area contributed by atoms with Crippen molar-refractivity contribution in [3.05, 3.63) is 115 Å². The van der Waals surface area contributed by atoms with Crippen molar-refractivity contribution >= 4 is 80.2 Å². The number of hydrogen-bond acceptors (Lipinski definition) is 11. The van der Waals surface area contributed by atoms with Gasteiger partial charge in [-0.1, -0.05) is 42.5 Å². The summed E-state index contributed by atoms with van der Waals surface area (Å²) in [5.74, 6) is -0.00673. The smallest absolute Gasteiger partial charge is 0.295 e. The maximum Gasteiger partial charge on any atom is 0.295 e. The highest BCUT2D eigenvalue weighted by atomic mass is 32.2. The maximum absolute atomic E-state index is 13.2. The fraction of sp³-hybridized carbons (Fsp3) is 0. The first-order valence-electron chi connectivity index (χ1n) is 14.0. The van der Waals surface area contributed by atoms with Gasteiger partial charge < -0.3 is 5.11 Å². The van der Waals surface area contributed by atoms with Gasteiger partial charge in [-0.15, -0.1) is 5.11 Å². The van der Waals surface area contributed by atoms with Gasteiger partial charge in [-0.3, -0.25) is 13.8 Å². The van der Waals surface area contributed by atoms with Crippen LogP contribution in [0.25, 0.3) is 21.5 Å². The van der Waals surface area contributed by atoms with E-state index in [2.05, 4.69) is 25.2 Å². The first-order valence-corrected chi connectivity index (χ1v) is 18.3. The Morgan fingerprint density at radius 3 is 1.86 bits per heavy atom. The van der Waals surface area contributed by atoms with E-state index in [-0.39, 0.29) is 32.8 Å². The Hall–Kier alpha value is -5.59. The van der Waals surface area contributed by atoms with Crippen molar-refractivity contribution in [3.8, 4) is 5.75 Å². The first kappa shape index (κ1) is 33.3. The minimum atomic E-state index is -4.98. The lowest BCUT2D eigenvalue weighted by atomic mass is 10.1. The first-order chi connectivity index (χ1) is 23.2. The van der Waals surface area contributed by atoms with Crippen molar-refractivity contribution in [3.63, 3.8) is 0 Å². The van der Waals surface area contributed by atoms with Crippen LogP contribution in [-0.4, -0.2) is 39.5 Å². The van der Waals surface area contributed by atoms with E-state index in [9.17, 15) is 39.5 Å². The molecule has 0 bridgehead atoms. The van der Waals surface area contributed by atoms with E-state index in [4.69, 9.17) is 0 Å². The molecule has 0 aliphatic carbocycles. The van der Waals surface area contributed by atoms with Crippen LogP contribution in [0.1, 0.15) is 0 Å². The molecule has 17 heteroatoms. The molecule has 248 valence electrons. The summed E-state index contributed by atoms with van der Waals surface area (Å²) >= 11 is 0. The lowest BCUT2D eigenvalue weighted by molar-refractivity contribution is 0.476. The lowest BCUT2D eigenvalue weighted by Crippen LogP contribution is -2.13. The number of azo groups is 2. The molecular formula is C32H23N5O9S3. The van der Waals surface area contributed by atoms with Crippen LogP contribution in [0.4, 0.5) is 28.4 Å². The Balaban J connectivity index is 1.20. The molecule has 6 aromatic rings. The highest BCUT2D eigenvalue weighted by molar-refractivity contribution is 7.92. The summed E-state index contributed by atoms with van der Waals surface area (Å²) in [7, 11) is -14.1. The Morgan fingerprint density at radius 1 is 0.510 bits per heavy atom. The summed E-state index contributed by atoms with van der Waals surface area (Å²) in [6.07, 6.45) is 0. The van der Waals surface area contributed by atoms with E-state index < -0.39 is 40.1 Å². The van der Waals surface area contributed by atoms with Gasteiger partial charge in [0.2, 0.25) is 0 Å². The van der Waals surface area contributed by atoms with E-state index in [0.29, 0.717) is 23.1 Å². The SMILES string of the molecule is O=S(=O)(O)c1cc(S(=O)(=O)O)c2cc(NS(=O)(=O)c3cccc(/N=N/c4ccc(/N=N/c5c(O)ccc6ccccc56)cc4)c3)ccc2c1. The molecule has 0 aliphatic rings. The molecule has 6 aromatic carbocycles. The summed E-state index contributed by atoms with van der Waals surface area (Å²) in [6.45, 7) is 0. The molecular weight excluding hydrogens is 695 g/mol. The number of nitrogens with one attached hydrogen (secondary N) is 1. The largest absolute Gasteiger partial charge is 0.506 e. The van der Waals surface area contributed by atoms with Gasteiger partial charge in [-0.25, -0.2) is 8.42 Å². The molecule has 0 unspecified atom stereocenters. The number of hydrogen-bond donors (Lipinski definition) is 4. The van der Waals surface area contributed by atoms with Gasteiger partial charge >= 0.3 is 0 Å². The zero-order valence-corrected chi connectivity index (χ0v) is 27.2. The second kappa shape index (κ2) is 12.8. The fourth-order valence-corrected chi connectivity index (χ4v) is 7.24. The predicted octanol–water partition coefficient (Wildman–Crippen LogP) is 7.82. The van der Waals surface area contributed by atoms with Crippen molar-refractivity contribution in [1.29, 1.82) is 0 Å². The quantitative estimate of drug-likeness (QED) is 0.0843. The van der Waals surface area contributed by atoms with E-state index in [1.807, 2.05) is 24.3 Å². The van der Waals surface area contributed by atoms with E-state index in [1.54, 1.807) is 36.4 Å². The molecule has 14 nitrogen and oxygen atoms in total. The molecule has 0 aliphatic heterocycles. The van der Waals surface area contributed by atoms with Crippen molar-refractivity contribution in [2.75, 3.05) is 4.72 Å². The van der Waals surface area contributed by atoms with E-state index in [1.165, 1.54) is 36.4 Å². The van der Waals surface area contributed by atoms with E-state index >= 15 is 0 Å². The minimum Gasteiger partial charge on any atom is -0.506 e. The van der Waals surface area contributed by atoms with E-state index in [0.717, 1.165) is 22.9 Å². The Labute approximate surface area is 279 Å². The van der Waals surface area contributed by atoms with Crippen molar-refractivity contribution in [2.24, 2.45) is 20.5 Å². The van der Waals surface area contributed by atoms with Gasteiger partial charge in [-0.2, -0.15) is 32.2 Å². The highest BCUT2D eigenvalue weighted by Gasteiger charge is 2.22. The predicted molar refractivity (Wildman–Crippen MR) is 181 cm³/mol. The summed E-state index contributed by atoms with van der Waals surface area (Å²) < 4.78 is 95.0. The Morgan fingerprint density at radius 2 is 1.16 bits per heavy atom. The average Bonchev–Trinajstić information content (AvgIpc) is 3.06. The summed E-state index contributed by atoms with van der Waals surface area (Å²) in [4.78, 5) is -1.82. The molecule has 4 N–H and O–H groups in total. The van der Waals surface area contributed by atoms with Crippen LogP contribution in [0, 0.1) is 0 Å². The molecule has 0 spiro atoms. The molecule has 0 aromatic heterocycles. The normalized spacial score (nSPS) is 12.7. The fourth-order valence-electron chi connectivity index (χ4n) is 4.81. The number of phenolic OH excluding ortho intramolecular Hbond substituents is 1. The molecule has 0 heterocycles. The maximum atomic E-state index is 13.2. The number of anilines is 1. The number of phenols is 1. The molecule has 0 fully saturated rings. The standard InChI is InChI=1S/C32H23N5O9S3/c38-30-15-9-20-4-1-2-7-28(20)32(30)36-34-23-13-11-22(12-14-23)33-35-24-5-3-6-26(17-24)47(39,40)37-25-10-8-21-16-27(48(41,42)43)19-31(29(21)18-25)49(44,45)46/h1-19,37-38H,(H,41,42,43)(H,44,45,46)/b35-33+,36-34+. The van der Waals surface area contributed by atoms with Gasteiger partial charge in [-0.05, 0) is 83.6 Å². The van der Waals surface area contributed by atoms with Gasteiger partial charge in [0, 0.05) is 16.5 Å². The van der Waals surface area contributed by atoms with Crippen LogP contribution < -0.4 is 4.72 Å². The second-order valence-electron chi connectivity index (χ2n) is 10.5. The topological polar surface area (TPSA) is 225 Å². The zero-order chi connectivity index (χ0) is 35.0. The van der Waals surface area contributed by atoms with Gasteiger partial charge in [0.05, 0.1) is 26.9 Å². The lowest BCUT2D eigenvalue weighted by Gasteiger charge is -2.11. The van der Waals surface area contributed by atoms with Crippen LogP contribution in [0.3, 0.4) is 0 Å². The summed E-state index contributed by atoms with van der Waals surface area (Å²) in [5.41, 5.74) is 1.35. The average molecular weight is 718 g/mol. The number of rotatable bonds is 9. The van der Waals surface area contributed by atoms with Crippen LogP contribution in [0.2, 0.25) is 0 Å². The number of fused-ring (bicyclic) bond motifs is 2. The molecule has 6 rings (SSSR count). The second-order valence-corrected chi connectivity index (χ2v) is 15.0. The van der Waals surface area contributed by atoms with Crippen molar-refractivity contribution < 1.29 is 39.5 Å². The molecule has 0 amide bonds. The van der Waals surface area contributed by atoms with Crippen LogP contribution in [0.5, 0.6) is 5.75 Å². The number of sulfonamides is 1. The third kappa shape index (κ3) is 7.45. The van der Waals surface area contributed by atoms with Crippen LogP contribution in [-0.2, 0) is 30.3 Å². The molecule has 0 saturated heterocycles. The highest BCUT2D eigenvalue weighted by Crippen LogP contribution is 2.36. The number of aromatic hydroxyl groups is 1. The molecule has 0 atom stereocenters. The number of benzene rings is 6. The Kier molecular flexibility index (Phi) is 8.70. The van der Waals surface area contributed by atoms with Crippen LogP contribution in [0.15, 0.2) is 150 Å². The molecule has 0 saturated carbocycles. The van der Waals surface area contributed by atoms with Crippen LogP contribution >= 0.6 is 0 Å². The Bertz CT molecular complexity index is 2660. The molecule has 49 heavy (non-hydrogen) atoms. The number of nitrogens with zero attached hydrogens (tertiary/aromatic N) is 4. The minimum absolute atomic E-state index is 0.00619. The summed E-state index contributed by atoms with van der Waals surface area (Å²) in [6, 6.07) is 28.0. The van der Waals surface area contributed by atoms with Crippen molar-refractivity contribution in [1.82, 2.24) is 0 Å². The van der Waals surface area contributed by atoms with Crippen molar-refractivity contribution in [2.45, 2.75) is 14.7 Å². The zero-order valence-electron chi connectivity index (χ0n) is 24.8. The third-order valence-corrected chi connectivity index (χ3v) is 10.2. The third-order valence-electron chi connectivity index (χ3n) is 7.12.